The largest absolute Gasteiger partial charge is 0.369 e. The number of carbonyl (C=O) groups is 2. The van der Waals surface area contributed by atoms with Crippen molar-refractivity contribution in [2.45, 2.75) is 38.1 Å². The lowest BCUT2D eigenvalue weighted by molar-refractivity contribution is -0.384. The van der Waals surface area contributed by atoms with Gasteiger partial charge in [0.05, 0.1) is 17.3 Å². The second-order valence-electron chi connectivity index (χ2n) is 5.57. The summed E-state index contributed by atoms with van der Waals surface area (Å²) in [6.07, 6.45) is 3.35. The number of nitrogens with two attached hydrogens (primary N) is 1. The van der Waals surface area contributed by atoms with E-state index in [2.05, 4.69) is 5.32 Å². The van der Waals surface area contributed by atoms with Gasteiger partial charge in [-0.3, -0.25) is 19.7 Å². The average molecular weight is 305 g/mol. The number of benzene rings is 1. The number of hydrogen-bond donors (Lipinski definition) is 2. The van der Waals surface area contributed by atoms with Crippen LogP contribution in [0, 0.1) is 16.0 Å². The van der Waals surface area contributed by atoms with Gasteiger partial charge in [-0.15, -0.1) is 0 Å². The second kappa shape index (κ2) is 7.02. The molecular formula is C15H19N3O4. The van der Waals surface area contributed by atoms with E-state index >= 15 is 0 Å². The smallest absolute Gasteiger partial charge is 0.269 e. The van der Waals surface area contributed by atoms with Crippen LogP contribution in [0.5, 0.6) is 0 Å². The Balaban J connectivity index is 1.98. The van der Waals surface area contributed by atoms with E-state index in [1.165, 1.54) is 12.1 Å². The van der Waals surface area contributed by atoms with E-state index in [0.29, 0.717) is 12.0 Å². The van der Waals surface area contributed by atoms with E-state index in [-0.39, 0.29) is 35.9 Å². The van der Waals surface area contributed by atoms with Crippen molar-refractivity contribution in [3.05, 3.63) is 39.9 Å². The molecule has 1 aromatic carbocycles. The Morgan fingerprint density at radius 2 is 2.05 bits per heavy atom. The Morgan fingerprint density at radius 3 is 2.73 bits per heavy atom. The molecule has 3 N–H and O–H groups in total. The number of rotatable bonds is 5. The fourth-order valence-electron chi connectivity index (χ4n) is 2.87. The van der Waals surface area contributed by atoms with Crippen LogP contribution >= 0.6 is 0 Å². The van der Waals surface area contributed by atoms with Crippen molar-refractivity contribution < 1.29 is 14.5 Å². The quantitative estimate of drug-likeness (QED) is 0.630. The maximum atomic E-state index is 12.1. The fraction of sp³-hybridized carbons (Fsp3) is 0.467. The molecule has 22 heavy (non-hydrogen) atoms. The third-order valence-electron chi connectivity index (χ3n) is 3.96. The third kappa shape index (κ3) is 4.03. The van der Waals surface area contributed by atoms with Crippen LogP contribution < -0.4 is 11.1 Å². The number of carbonyl (C=O) groups excluding carboxylic acids is 2. The van der Waals surface area contributed by atoms with Crippen LogP contribution in [-0.2, 0) is 16.0 Å². The minimum absolute atomic E-state index is 0.0435. The maximum absolute atomic E-state index is 12.1. The first kappa shape index (κ1) is 15.9. The van der Waals surface area contributed by atoms with Crippen LogP contribution in [0.2, 0.25) is 0 Å². The van der Waals surface area contributed by atoms with E-state index < -0.39 is 4.92 Å². The fourth-order valence-corrected chi connectivity index (χ4v) is 2.87. The highest BCUT2D eigenvalue weighted by Crippen LogP contribution is 2.24. The summed E-state index contributed by atoms with van der Waals surface area (Å²) in [7, 11) is 0. The molecule has 2 amide bonds. The molecule has 0 bridgehead atoms. The van der Waals surface area contributed by atoms with Crippen molar-refractivity contribution >= 4 is 17.5 Å². The third-order valence-corrected chi connectivity index (χ3v) is 3.96. The second-order valence-corrected chi connectivity index (χ2v) is 5.57. The number of nitrogens with one attached hydrogen (secondary N) is 1. The molecule has 1 fully saturated rings. The van der Waals surface area contributed by atoms with Gasteiger partial charge in [0.1, 0.15) is 0 Å². The summed E-state index contributed by atoms with van der Waals surface area (Å²) in [5, 5.41) is 13.6. The van der Waals surface area contributed by atoms with Crippen molar-refractivity contribution in [2.75, 3.05) is 0 Å². The molecule has 1 aliphatic rings. The Hall–Kier alpha value is -2.44. The molecule has 1 saturated carbocycles. The highest BCUT2D eigenvalue weighted by atomic mass is 16.6. The maximum Gasteiger partial charge on any atom is 0.269 e. The lowest BCUT2D eigenvalue weighted by Crippen LogP contribution is -2.47. The molecule has 0 aliphatic heterocycles. The normalized spacial score (nSPS) is 21.1. The average Bonchev–Trinajstić information content (AvgIpc) is 2.47. The Morgan fingerprint density at radius 1 is 1.32 bits per heavy atom. The molecule has 0 spiro atoms. The zero-order chi connectivity index (χ0) is 16.1. The number of amides is 2. The van der Waals surface area contributed by atoms with Gasteiger partial charge in [0, 0.05) is 18.2 Å². The summed E-state index contributed by atoms with van der Waals surface area (Å²) in [6.45, 7) is 0. The monoisotopic (exact) mass is 305 g/mol. The summed E-state index contributed by atoms with van der Waals surface area (Å²) < 4.78 is 0. The number of nitro groups is 1. The van der Waals surface area contributed by atoms with Gasteiger partial charge >= 0.3 is 0 Å². The molecule has 7 nitrogen and oxygen atoms in total. The summed E-state index contributed by atoms with van der Waals surface area (Å²) in [5.74, 6) is -0.971. The minimum Gasteiger partial charge on any atom is -0.369 e. The predicted molar refractivity (Wildman–Crippen MR) is 79.9 cm³/mol. The van der Waals surface area contributed by atoms with Gasteiger partial charge in [-0.25, -0.2) is 0 Å². The number of nitro benzene ring substituents is 1. The zero-order valence-corrected chi connectivity index (χ0v) is 12.2. The van der Waals surface area contributed by atoms with Crippen LogP contribution in [-0.4, -0.2) is 22.8 Å². The SMILES string of the molecule is NC(=O)[C@H]1CCCC[C@@H]1NC(=O)Cc1cccc([N+](=O)[O-])c1. The van der Waals surface area contributed by atoms with Gasteiger partial charge in [-0.05, 0) is 18.4 Å². The van der Waals surface area contributed by atoms with Crippen molar-refractivity contribution in [1.82, 2.24) is 5.32 Å². The minimum atomic E-state index is -0.494. The molecule has 0 aromatic heterocycles. The number of non-ortho nitro benzene ring substituents is 1. The lowest BCUT2D eigenvalue weighted by Gasteiger charge is -2.30. The van der Waals surface area contributed by atoms with Crippen LogP contribution in [0.3, 0.4) is 0 Å². The van der Waals surface area contributed by atoms with E-state index in [1.54, 1.807) is 12.1 Å². The van der Waals surface area contributed by atoms with Gasteiger partial charge in [0.25, 0.3) is 5.69 Å². The molecule has 0 radical (unpaired) electrons. The highest BCUT2D eigenvalue weighted by molar-refractivity contribution is 5.82. The van der Waals surface area contributed by atoms with Gasteiger partial charge in [0.2, 0.25) is 11.8 Å². The van der Waals surface area contributed by atoms with Crippen molar-refractivity contribution in [3.8, 4) is 0 Å². The van der Waals surface area contributed by atoms with Crippen LogP contribution in [0.25, 0.3) is 0 Å². The van der Waals surface area contributed by atoms with Gasteiger partial charge < -0.3 is 11.1 Å². The Bertz CT molecular complexity index is 588. The number of hydrogen-bond acceptors (Lipinski definition) is 4. The first-order valence-corrected chi connectivity index (χ1v) is 7.29. The number of nitrogens with zero attached hydrogens (tertiary/aromatic N) is 1. The molecular weight excluding hydrogens is 286 g/mol. The summed E-state index contributed by atoms with van der Waals surface area (Å²) in [4.78, 5) is 33.8. The molecule has 118 valence electrons. The van der Waals surface area contributed by atoms with Crippen molar-refractivity contribution in [2.24, 2.45) is 11.7 Å². The van der Waals surface area contributed by atoms with E-state index in [0.717, 1.165) is 19.3 Å². The van der Waals surface area contributed by atoms with Crippen LogP contribution in [0.1, 0.15) is 31.2 Å². The van der Waals surface area contributed by atoms with E-state index in [4.69, 9.17) is 5.73 Å². The highest BCUT2D eigenvalue weighted by Gasteiger charge is 2.30. The molecule has 0 heterocycles. The Labute approximate surface area is 128 Å². The molecule has 7 heteroatoms. The number of primary amides is 1. The predicted octanol–water partition coefficient (Wildman–Crippen LogP) is 1.30. The molecule has 0 unspecified atom stereocenters. The van der Waals surface area contributed by atoms with Crippen molar-refractivity contribution in [1.29, 1.82) is 0 Å². The molecule has 1 aromatic rings. The van der Waals surface area contributed by atoms with Gasteiger partial charge in [-0.1, -0.05) is 25.0 Å². The lowest BCUT2D eigenvalue weighted by atomic mass is 9.84. The van der Waals surface area contributed by atoms with Gasteiger partial charge in [-0.2, -0.15) is 0 Å². The summed E-state index contributed by atoms with van der Waals surface area (Å²) in [5.41, 5.74) is 5.90. The van der Waals surface area contributed by atoms with Crippen LogP contribution in [0.15, 0.2) is 24.3 Å². The van der Waals surface area contributed by atoms with E-state index in [9.17, 15) is 19.7 Å². The topological polar surface area (TPSA) is 115 Å². The van der Waals surface area contributed by atoms with Gasteiger partial charge in [0.15, 0.2) is 0 Å². The standard InChI is InChI=1S/C15H19N3O4/c16-15(20)12-6-1-2-7-13(12)17-14(19)9-10-4-3-5-11(8-10)18(21)22/h3-5,8,12-13H,1-2,6-7,9H2,(H2,16,20)(H,17,19)/t12-,13-/m0/s1. The van der Waals surface area contributed by atoms with E-state index in [1.807, 2.05) is 0 Å². The Kier molecular flexibility index (Phi) is 5.08. The molecule has 2 atom stereocenters. The molecule has 1 aliphatic carbocycles. The first-order valence-electron chi connectivity index (χ1n) is 7.29. The van der Waals surface area contributed by atoms with Crippen LogP contribution in [0.4, 0.5) is 5.69 Å². The summed E-state index contributed by atoms with van der Waals surface area (Å²) >= 11 is 0. The van der Waals surface area contributed by atoms with Crippen molar-refractivity contribution in [3.63, 3.8) is 0 Å². The molecule has 0 saturated heterocycles. The molecule has 2 rings (SSSR count). The zero-order valence-electron chi connectivity index (χ0n) is 12.2. The summed E-state index contributed by atoms with van der Waals surface area (Å²) in [6, 6.07) is 5.74. The first-order chi connectivity index (χ1) is 10.5.